The first-order valence-electron chi connectivity index (χ1n) is 8.21. The van der Waals surface area contributed by atoms with Crippen molar-refractivity contribution in [2.75, 3.05) is 6.54 Å². The molecule has 1 aliphatic rings. The van der Waals surface area contributed by atoms with Crippen LogP contribution in [0.5, 0.6) is 0 Å². The molecule has 2 rings (SSSR count). The summed E-state index contributed by atoms with van der Waals surface area (Å²) < 4.78 is 12.2. The van der Waals surface area contributed by atoms with Crippen molar-refractivity contribution in [3.63, 3.8) is 0 Å². The molecule has 23 heavy (non-hydrogen) atoms. The molecule has 0 saturated heterocycles. The van der Waals surface area contributed by atoms with Crippen molar-refractivity contribution in [1.82, 2.24) is 0 Å². The predicted octanol–water partition coefficient (Wildman–Crippen LogP) is 3.37. The maximum Gasteiger partial charge on any atom is 0.242 e. The molecule has 1 heterocycles. The van der Waals surface area contributed by atoms with Gasteiger partial charge in [-0.25, -0.2) is 6.57 Å². The van der Waals surface area contributed by atoms with Gasteiger partial charge in [-0.15, -0.1) is 0 Å². The number of aliphatic hydroxyl groups is 1. The van der Waals surface area contributed by atoms with E-state index >= 15 is 0 Å². The van der Waals surface area contributed by atoms with Crippen molar-refractivity contribution in [1.29, 1.82) is 0 Å². The van der Waals surface area contributed by atoms with E-state index in [1.165, 1.54) is 0 Å². The van der Waals surface area contributed by atoms with E-state index in [-0.39, 0.29) is 24.9 Å². The van der Waals surface area contributed by atoms with E-state index in [1.807, 2.05) is 36.4 Å². The smallest absolute Gasteiger partial charge is 0.242 e. The summed E-state index contributed by atoms with van der Waals surface area (Å²) in [6, 6.07) is 10.1. The maximum atomic E-state index is 10.1. The molecule has 0 radical (unpaired) electrons. The lowest BCUT2D eigenvalue weighted by Gasteiger charge is -2.32. The number of hydrogen-bond donors (Lipinski definition) is 1. The molecule has 4 heteroatoms. The Morgan fingerprint density at radius 2 is 2.04 bits per heavy atom. The number of nitrogens with zero attached hydrogens (tertiary/aromatic N) is 1. The third-order valence-corrected chi connectivity index (χ3v) is 4.08. The van der Waals surface area contributed by atoms with Gasteiger partial charge in [-0.05, 0) is 24.8 Å². The summed E-state index contributed by atoms with van der Waals surface area (Å²) in [5.41, 5.74) is 1.14. The van der Waals surface area contributed by atoms with E-state index in [0.717, 1.165) is 18.4 Å². The van der Waals surface area contributed by atoms with Crippen LogP contribution in [0.15, 0.2) is 42.5 Å². The lowest BCUT2D eigenvalue weighted by Crippen LogP contribution is -2.40. The van der Waals surface area contributed by atoms with Crippen LogP contribution in [0.1, 0.15) is 31.7 Å². The maximum absolute atomic E-state index is 10.1. The summed E-state index contributed by atoms with van der Waals surface area (Å²) in [6.45, 7) is 9.60. The molecule has 4 nitrogen and oxygen atoms in total. The number of benzene rings is 1. The largest absolute Gasteiger partial charge is 0.383 e. The average Bonchev–Trinajstić information content (AvgIpc) is 2.55. The summed E-state index contributed by atoms with van der Waals surface area (Å²) in [5.74, 6) is 0. The van der Waals surface area contributed by atoms with Crippen LogP contribution in [-0.4, -0.2) is 36.1 Å². The Morgan fingerprint density at radius 3 is 2.74 bits per heavy atom. The highest BCUT2D eigenvalue weighted by Crippen LogP contribution is 2.22. The van der Waals surface area contributed by atoms with Crippen molar-refractivity contribution in [2.24, 2.45) is 0 Å². The lowest BCUT2D eigenvalue weighted by atomic mass is 10.0. The summed E-state index contributed by atoms with van der Waals surface area (Å²) in [7, 11) is 0. The summed E-state index contributed by atoms with van der Waals surface area (Å²) in [6.07, 6.45) is 5.16. The van der Waals surface area contributed by atoms with Crippen LogP contribution >= 0.6 is 0 Å². The normalized spacial score (nSPS) is 27.4. The van der Waals surface area contributed by atoms with Gasteiger partial charge in [0, 0.05) is 0 Å². The molecule has 1 N–H and O–H groups in total. The molecule has 1 aromatic carbocycles. The second-order valence-electron chi connectivity index (χ2n) is 5.81. The van der Waals surface area contributed by atoms with Crippen molar-refractivity contribution in [2.45, 2.75) is 57.2 Å². The molecule has 0 spiro atoms. The van der Waals surface area contributed by atoms with Crippen LogP contribution in [0.3, 0.4) is 0 Å². The molecule has 0 saturated carbocycles. The topological polar surface area (TPSA) is 43.0 Å². The second-order valence-corrected chi connectivity index (χ2v) is 5.81. The highest BCUT2D eigenvalue weighted by atomic mass is 16.6. The number of aliphatic hydroxyl groups excluding tert-OH is 1. The fraction of sp³-hybridized carbons (Fsp3) is 0.526. The van der Waals surface area contributed by atoms with E-state index in [4.69, 9.17) is 16.0 Å². The number of rotatable bonds is 6. The van der Waals surface area contributed by atoms with Gasteiger partial charge in [0.1, 0.15) is 0 Å². The molecule has 0 unspecified atom stereocenters. The predicted molar refractivity (Wildman–Crippen MR) is 89.8 cm³/mol. The van der Waals surface area contributed by atoms with Gasteiger partial charge in [-0.1, -0.05) is 49.4 Å². The van der Waals surface area contributed by atoms with E-state index in [9.17, 15) is 5.11 Å². The van der Waals surface area contributed by atoms with Gasteiger partial charge >= 0.3 is 0 Å². The van der Waals surface area contributed by atoms with Gasteiger partial charge in [-0.3, -0.25) is 0 Å². The highest BCUT2D eigenvalue weighted by Gasteiger charge is 2.30. The first kappa shape index (κ1) is 17.7. The van der Waals surface area contributed by atoms with E-state index in [2.05, 4.69) is 17.8 Å². The Labute approximate surface area is 138 Å². The minimum absolute atomic E-state index is 0.0422. The minimum Gasteiger partial charge on any atom is -0.383 e. The van der Waals surface area contributed by atoms with E-state index in [0.29, 0.717) is 13.0 Å². The Morgan fingerprint density at radius 1 is 1.30 bits per heavy atom. The molecular weight excluding hydrogens is 290 g/mol. The molecule has 124 valence electrons. The Kier molecular flexibility index (Phi) is 7.28. The van der Waals surface area contributed by atoms with Gasteiger partial charge in [-0.2, -0.15) is 0 Å². The van der Waals surface area contributed by atoms with Gasteiger partial charge in [0.15, 0.2) is 6.10 Å². The molecule has 0 fully saturated rings. The zero-order chi connectivity index (χ0) is 16.5. The zero-order valence-corrected chi connectivity index (χ0v) is 13.6. The standard InChI is InChI=1S/C19H25NO3/c1-3-17-19(22-14-15-9-5-4-6-10-15)12-8-7-11-18(23-17)16(21)13-20-2/h4-10,16-19,21H,3,11-14H2,1H3/b8-7-/t16-,17-,18-,19-/m1/s1. The van der Waals surface area contributed by atoms with E-state index < -0.39 is 6.10 Å². The highest BCUT2D eigenvalue weighted by molar-refractivity contribution is 5.13. The van der Waals surface area contributed by atoms with Crippen LogP contribution < -0.4 is 0 Å². The fourth-order valence-electron chi connectivity index (χ4n) is 2.75. The summed E-state index contributed by atoms with van der Waals surface area (Å²) in [5, 5.41) is 10.1. The molecule has 0 aliphatic carbocycles. The third-order valence-electron chi connectivity index (χ3n) is 4.08. The van der Waals surface area contributed by atoms with Crippen molar-refractivity contribution in [3.8, 4) is 0 Å². The van der Waals surface area contributed by atoms with Crippen LogP contribution in [0.4, 0.5) is 0 Å². The van der Waals surface area contributed by atoms with Crippen LogP contribution in [-0.2, 0) is 16.1 Å². The SMILES string of the molecule is [C-]#[N+]C[C@@H](O)[C@H]1C/C=C\C[C@@H](OCc2ccccc2)[C@@H](CC)O1. The van der Waals surface area contributed by atoms with Gasteiger partial charge in [0.05, 0.1) is 24.9 Å². The van der Waals surface area contributed by atoms with E-state index in [1.54, 1.807) is 0 Å². The zero-order valence-electron chi connectivity index (χ0n) is 13.6. The van der Waals surface area contributed by atoms with Gasteiger partial charge in [0.2, 0.25) is 6.54 Å². The Balaban J connectivity index is 1.99. The number of ether oxygens (including phenoxy) is 2. The summed E-state index contributed by atoms with van der Waals surface area (Å²) >= 11 is 0. The molecular formula is C19H25NO3. The Hall–Kier alpha value is -1.67. The minimum atomic E-state index is -0.751. The molecule has 0 aromatic heterocycles. The average molecular weight is 315 g/mol. The monoisotopic (exact) mass is 315 g/mol. The Bertz CT molecular complexity index is 523. The molecule has 0 amide bonds. The summed E-state index contributed by atoms with van der Waals surface area (Å²) in [4.78, 5) is 3.28. The van der Waals surface area contributed by atoms with Crippen LogP contribution in [0, 0.1) is 6.57 Å². The molecule has 4 atom stereocenters. The second kappa shape index (κ2) is 9.46. The number of hydrogen-bond acceptors (Lipinski definition) is 3. The van der Waals surface area contributed by atoms with Gasteiger partial charge in [0.25, 0.3) is 0 Å². The fourth-order valence-corrected chi connectivity index (χ4v) is 2.75. The van der Waals surface area contributed by atoms with Crippen molar-refractivity contribution < 1.29 is 14.6 Å². The molecule has 1 aromatic rings. The quantitative estimate of drug-likeness (QED) is 0.646. The molecule has 0 bridgehead atoms. The molecule has 1 aliphatic heterocycles. The first-order valence-corrected chi connectivity index (χ1v) is 8.21. The van der Waals surface area contributed by atoms with Crippen LogP contribution in [0.2, 0.25) is 0 Å². The van der Waals surface area contributed by atoms with Crippen LogP contribution in [0.25, 0.3) is 4.85 Å². The van der Waals surface area contributed by atoms with Crippen molar-refractivity contribution in [3.05, 3.63) is 59.5 Å². The lowest BCUT2D eigenvalue weighted by molar-refractivity contribution is -0.133. The first-order chi connectivity index (χ1) is 11.2. The third kappa shape index (κ3) is 5.47. The van der Waals surface area contributed by atoms with Crippen molar-refractivity contribution >= 4 is 0 Å². The van der Waals surface area contributed by atoms with Gasteiger partial charge < -0.3 is 19.4 Å².